The summed E-state index contributed by atoms with van der Waals surface area (Å²) in [5, 5.41) is 17.0. The lowest BCUT2D eigenvalue weighted by atomic mass is 10.2. The molecule has 0 amide bonds. The third kappa shape index (κ3) is 2.45. The number of halogens is 1. The van der Waals surface area contributed by atoms with Crippen LogP contribution in [0.1, 0.15) is 10.4 Å². The molecule has 2 heterocycles. The molecule has 0 aliphatic heterocycles. The Morgan fingerprint density at radius 3 is 2.90 bits per heavy atom. The van der Waals surface area contributed by atoms with Gasteiger partial charge in [0, 0.05) is 11.5 Å². The van der Waals surface area contributed by atoms with E-state index in [1.54, 1.807) is 24.0 Å². The second kappa shape index (κ2) is 5.13. The Morgan fingerprint density at radius 1 is 1.38 bits per heavy atom. The van der Waals surface area contributed by atoms with Gasteiger partial charge < -0.3 is 10.4 Å². The van der Waals surface area contributed by atoms with E-state index >= 15 is 0 Å². The molecule has 0 aliphatic carbocycles. The van der Waals surface area contributed by atoms with Gasteiger partial charge in [0.05, 0.1) is 22.8 Å². The van der Waals surface area contributed by atoms with Gasteiger partial charge in [-0.15, -0.1) is 0 Å². The number of carboxylic acids is 1. The molecular formula is C13H10BrN5O2. The van der Waals surface area contributed by atoms with Crippen LogP contribution < -0.4 is 5.32 Å². The molecule has 21 heavy (non-hydrogen) atoms. The number of fused-ring (bicyclic) bond motifs is 1. The number of hydrogen-bond acceptors (Lipinski definition) is 5. The number of carbonyl (C=O) groups is 1. The molecule has 0 radical (unpaired) electrons. The molecule has 7 nitrogen and oxygen atoms in total. The van der Waals surface area contributed by atoms with Crippen LogP contribution in [-0.2, 0) is 7.05 Å². The summed E-state index contributed by atoms with van der Waals surface area (Å²) in [5.41, 5.74) is 1.64. The number of nitrogens with one attached hydrogen (secondary N) is 1. The van der Waals surface area contributed by atoms with Crippen molar-refractivity contribution >= 4 is 44.4 Å². The van der Waals surface area contributed by atoms with Crippen molar-refractivity contribution in [1.82, 2.24) is 19.7 Å². The van der Waals surface area contributed by atoms with Crippen molar-refractivity contribution in [3.05, 3.63) is 40.8 Å². The van der Waals surface area contributed by atoms with Crippen LogP contribution in [0.4, 0.5) is 11.5 Å². The van der Waals surface area contributed by atoms with E-state index in [0.717, 1.165) is 5.39 Å². The zero-order valence-corrected chi connectivity index (χ0v) is 12.5. The molecule has 0 atom stereocenters. The van der Waals surface area contributed by atoms with Gasteiger partial charge in [-0.2, -0.15) is 5.10 Å². The number of benzene rings is 1. The molecule has 2 N–H and O–H groups in total. The van der Waals surface area contributed by atoms with Gasteiger partial charge in [-0.1, -0.05) is 0 Å². The van der Waals surface area contributed by atoms with Crippen molar-refractivity contribution in [1.29, 1.82) is 0 Å². The number of aromatic carboxylic acids is 1. The monoisotopic (exact) mass is 347 g/mol. The number of nitrogens with zero attached hydrogens (tertiary/aromatic N) is 4. The summed E-state index contributed by atoms with van der Waals surface area (Å²) in [6.07, 6.45) is 3.13. The Bertz CT molecular complexity index is 846. The van der Waals surface area contributed by atoms with E-state index in [1.807, 2.05) is 0 Å². The topological polar surface area (TPSA) is 92.9 Å². The Kier molecular flexibility index (Phi) is 3.30. The highest BCUT2D eigenvalue weighted by molar-refractivity contribution is 9.10. The van der Waals surface area contributed by atoms with E-state index in [-0.39, 0.29) is 5.56 Å². The summed E-state index contributed by atoms with van der Waals surface area (Å²) in [6, 6.07) is 4.74. The SMILES string of the molecule is Cn1ncc2c(Nc3ccc(C(=O)O)cc3Br)ncnc21. The second-order valence-corrected chi connectivity index (χ2v) is 5.21. The van der Waals surface area contributed by atoms with Crippen molar-refractivity contribution in [3.8, 4) is 0 Å². The summed E-state index contributed by atoms with van der Waals surface area (Å²) in [4.78, 5) is 19.3. The first-order valence-corrected chi connectivity index (χ1v) is 6.78. The van der Waals surface area contributed by atoms with Crippen LogP contribution in [0.3, 0.4) is 0 Å². The van der Waals surface area contributed by atoms with Gasteiger partial charge in [0.25, 0.3) is 0 Å². The molecule has 1 aromatic carbocycles. The van der Waals surface area contributed by atoms with Crippen LogP contribution in [-0.4, -0.2) is 30.8 Å². The van der Waals surface area contributed by atoms with Gasteiger partial charge in [-0.25, -0.2) is 14.8 Å². The minimum atomic E-state index is -0.973. The number of carboxylic acid groups (broad SMARTS) is 1. The molecule has 3 rings (SSSR count). The lowest BCUT2D eigenvalue weighted by molar-refractivity contribution is 0.0697. The fourth-order valence-corrected chi connectivity index (χ4v) is 2.42. The van der Waals surface area contributed by atoms with Crippen LogP contribution in [0.5, 0.6) is 0 Å². The Morgan fingerprint density at radius 2 is 2.19 bits per heavy atom. The number of aryl methyl sites for hydroxylation is 1. The Balaban J connectivity index is 2.01. The lowest BCUT2D eigenvalue weighted by Gasteiger charge is -2.09. The molecule has 0 spiro atoms. The Labute approximate surface area is 127 Å². The minimum absolute atomic E-state index is 0.210. The third-order valence-electron chi connectivity index (χ3n) is 3.00. The molecule has 2 aromatic heterocycles. The predicted molar refractivity (Wildman–Crippen MR) is 80.7 cm³/mol. The summed E-state index contributed by atoms with van der Waals surface area (Å²) >= 11 is 3.35. The first kappa shape index (κ1) is 13.5. The molecule has 3 aromatic rings. The van der Waals surface area contributed by atoms with E-state index < -0.39 is 5.97 Å². The van der Waals surface area contributed by atoms with Crippen LogP contribution in [0.2, 0.25) is 0 Å². The van der Waals surface area contributed by atoms with E-state index in [2.05, 4.69) is 36.3 Å². The number of anilines is 2. The molecule has 0 fully saturated rings. The highest BCUT2D eigenvalue weighted by atomic mass is 79.9. The average Bonchev–Trinajstić information content (AvgIpc) is 2.84. The smallest absolute Gasteiger partial charge is 0.335 e. The van der Waals surface area contributed by atoms with Crippen LogP contribution in [0.25, 0.3) is 11.0 Å². The fourth-order valence-electron chi connectivity index (χ4n) is 1.94. The largest absolute Gasteiger partial charge is 0.478 e. The fraction of sp³-hybridized carbons (Fsp3) is 0.0769. The maximum Gasteiger partial charge on any atom is 0.335 e. The standard InChI is InChI=1S/C13H10BrN5O2/c1-19-12-8(5-17-19)11(15-6-16-12)18-10-3-2-7(13(20)21)4-9(10)14/h2-6H,1H3,(H,20,21)(H,15,16,18). The third-order valence-corrected chi connectivity index (χ3v) is 3.65. The van der Waals surface area contributed by atoms with E-state index in [4.69, 9.17) is 5.11 Å². The van der Waals surface area contributed by atoms with Crippen molar-refractivity contribution < 1.29 is 9.90 Å². The first-order valence-electron chi connectivity index (χ1n) is 5.99. The molecule has 8 heteroatoms. The van der Waals surface area contributed by atoms with Crippen molar-refractivity contribution in [2.75, 3.05) is 5.32 Å². The van der Waals surface area contributed by atoms with Gasteiger partial charge in [-0.05, 0) is 34.1 Å². The normalized spacial score (nSPS) is 10.8. The molecular weight excluding hydrogens is 338 g/mol. The van der Waals surface area contributed by atoms with Gasteiger partial charge in [0.15, 0.2) is 5.65 Å². The summed E-state index contributed by atoms with van der Waals surface area (Å²) < 4.78 is 2.29. The van der Waals surface area contributed by atoms with Gasteiger partial charge in [0.2, 0.25) is 0 Å². The number of aromatic nitrogens is 4. The van der Waals surface area contributed by atoms with E-state index in [1.165, 1.54) is 18.5 Å². The summed E-state index contributed by atoms with van der Waals surface area (Å²) in [6.45, 7) is 0. The zero-order chi connectivity index (χ0) is 15.0. The van der Waals surface area contributed by atoms with Crippen LogP contribution >= 0.6 is 15.9 Å². The quantitative estimate of drug-likeness (QED) is 0.756. The molecule has 0 saturated carbocycles. The molecule has 106 valence electrons. The van der Waals surface area contributed by atoms with Crippen LogP contribution in [0, 0.1) is 0 Å². The van der Waals surface area contributed by atoms with E-state index in [9.17, 15) is 4.79 Å². The summed E-state index contributed by atoms with van der Waals surface area (Å²) in [5.74, 6) is -0.365. The van der Waals surface area contributed by atoms with Gasteiger partial charge >= 0.3 is 5.97 Å². The molecule has 0 unspecified atom stereocenters. The maximum atomic E-state index is 10.9. The lowest BCUT2D eigenvalue weighted by Crippen LogP contribution is -2.00. The van der Waals surface area contributed by atoms with Crippen LogP contribution in [0.15, 0.2) is 35.2 Å². The summed E-state index contributed by atoms with van der Waals surface area (Å²) in [7, 11) is 1.80. The number of hydrogen-bond donors (Lipinski definition) is 2. The average molecular weight is 348 g/mol. The zero-order valence-electron chi connectivity index (χ0n) is 10.9. The van der Waals surface area contributed by atoms with E-state index in [0.29, 0.717) is 21.6 Å². The first-order chi connectivity index (χ1) is 10.1. The Hall–Kier alpha value is -2.48. The molecule has 0 saturated heterocycles. The van der Waals surface area contributed by atoms with Gasteiger partial charge in [-0.3, -0.25) is 4.68 Å². The second-order valence-electron chi connectivity index (χ2n) is 4.35. The van der Waals surface area contributed by atoms with Crippen molar-refractivity contribution in [2.45, 2.75) is 0 Å². The molecule has 0 aliphatic rings. The predicted octanol–water partition coefficient (Wildman–Crippen LogP) is 2.57. The van der Waals surface area contributed by atoms with Crippen molar-refractivity contribution in [3.63, 3.8) is 0 Å². The highest BCUT2D eigenvalue weighted by Gasteiger charge is 2.11. The highest BCUT2D eigenvalue weighted by Crippen LogP contribution is 2.28. The minimum Gasteiger partial charge on any atom is -0.478 e. The van der Waals surface area contributed by atoms with Crippen molar-refractivity contribution in [2.24, 2.45) is 7.05 Å². The number of rotatable bonds is 3. The molecule has 0 bridgehead atoms. The maximum absolute atomic E-state index is 10.9. The van der Waals surface area contributed by atoms with Gasteiger partial charge in [0.1, 0.15) is 12.1 Å².